The third-order valence-corrected chi connectivity index (χ3v) is 6.43. The number of carbonyl (C=O) groups excluding carboxylic acids is 1. The highest BCUT2D eigenvalue weighted by Gasteiger charge is 2.25. The summed E-state index contributed by atoms with van der Waals surface area (Å²) in [6.07, 6.45) is 1.43. The second-order valence-corrected chi connectivity index (χ2v) is 9.68. The largest absolute Gasteiger partial charge is 0.493 e. The van der Waals surface area contributed by atoms with E-state index in [0.717, 1.165) is 5.56 Å². The van der Waals surface area contributed by atoms with Gasteiger partial charge in [0.2, 0.25) is 5.75 Å². The number of anilines is 1. The maximum absolute atomic E-state index is 13.3. The van der Waals surface area contributed by atoms with Gasteiger partial charge in [0, 0.05) is 11.8 Å². The Hall–Kier alpha value is -4.91. The van der Waals surface area contributed by atoms with Crippen molar-refractivity contribution in [1.82, 2.24) is 15.0 Å². The number of ether oxygens (including phenoxy) is 4. The molecule has 39 heavy (non-hydrogen) atoms. The molecule has 12 nitrogen and oxygen atoms in total. The number of hydrogen-bond acceptors (Lipinski definition) is 10. The number of nitrogens with one attached hydrogen (secondary N) is 1. The van der Waals surface area contributed by atoms with Gasteiger partial charge in [0.25, 0.3) is 21.8 Å². The minimum Gasteiger partial charge on any atom is -0.493 e. The van der Waals surface area contributed by atoms with E-state index in [2.05, 4.69) is 19.7 Å². The van der Waals surface area contributed by atoms with Gasteiger partial charge in [-0.05, 0) is 42.8 Å². The fraction of sp³-hybridized carbons (Fsp3) is 0.154. The number of carbonyl (C=O) groups is 1. The number of primary amides is 1. The predicted octanol–water partition coefficient (Wildman–Crippen LogP) is 3.32. The summed E-state index contributed by atoms with van der Waals surface area (Å²) in [4.78, 5) is 24.0. The molecule has 0 aliphatic carbocycles. The van der Waals surface area contributed by atoms with Gasteiger partial charge in [0.05, 0.1) is 14.2 Å². The molecule has 0 aliphatic rings. The molecule has 0 fully saturated rings. The molecule has 4 aromatic rings. The first kappa shape index (κ1) is 27.1. The van der Waals surface area contributed by atoms with Gasteiger partial charge in [-0.3, -0.25) is 9.52 Å². The number of aryl methyl sites for hydroxylation is 1. The SMILES string of the molecule is COc1ccccc1Oc1c(NS(=O)(=O)c2ccc(C)cn2)nc(-c2cccc(OCC(N)=O)c2)nc1OC. The van der Waals surface area contributed by atoms with Gasteiger partial charge in [-0.25, -0.2) is 9.97 Å². The molecule has 1 amide bonds. The fourth-order valence-electron chi connectivity index (χ4n) is 3.34. The number of hydrogen-bond donors (Lipinski definition) is 2. The van der Waals surface area contributed by atoms with Gasteiger partial charge in [-0.2, -0.15) is 13.4 Å². The predicted molar refractivity (Wildman–Crippen MR) is 142 cm³/mol. The van der Waals surface area contributed by atoms with Crippen molar-refractivity contribution in [3.05, 3.63) is 72.4 Å². The zero-order chi connectivity index (χ0) is 28.0. The number of nitrogens with two attached hydrogens (primary N) is 1. The molecule has 0 saturated heterocycles. The second-order valence-electron chi connectivity index (χ2n) is 8.05. The van der Waals surface area contributed by atoms with Crippen LogP contribution in [0, 0.1) is 6.92 Å². The molecular formula is C26H25N5O7S. The maximum Gasteiger partial charge on any atom is 0.280 e. The summed E-state index contributed by atoms with van der Waals surface area (Å²) >= 11 is 0. The van der Waals surface area contributed by atoms with E-state index in [-0.39, 0.29) is 40.7 Å². The van der Waals surface area contributed by atoms with Crippen molar-refractivity contribution >= 4 is 21.7 Å². The molecule has 13 heteroatoms. The lowest BCUT2D eigenvalue weighted by Crippen LogP contribution is -2.20. The highest BCUT2D eigenvalue weighted by Crippen LogP contribution is 2.41. The number of amides is 1. The Morgan fingerprint density at radius 2 is 1.74 bits per heavy atom. The van der Waals surface area contributed by atoms with Crippen LogP contribution in [0.2, 0.25) is 0 Å². The molecule has 4 rings (SSSR count). The lowest BCUT2D eigenvalue weighted by atomic mass is 10.2. The Morgan fingerprint density at radius 1 is 0.974 bits per heavy atom. The van der Waals surface area contributed by atoms with Crippen molar-refractivity contribution in [2.24, 2.45) is 5.73 Å². The Bertz CT molecular complexity index is 1600. The van der Waals surface area contributed by atoms with Gasteiger partial charge in [-0.1, -0.05) is 30.3 Å². The van der Waals surface area contributed by atoms with Crippen LogP contribution in [0.4, 0.5) is 5.82 Å². The molecule has 2 aromatic carbocycles. The van der Waals surface area contributed by atoms with Gasteiger partial charge in [0.15, 0.2) is 34.8 Å². The van der Waals surface area contributed by atoms with Crippen molar-refractivity contribution in [2.75, 3.05) is 25.5 Å². The van der Waals surface area contributed by atoms with Crippen molar-refractivity contribution in [1.29, 1.82) is 0 Å². The molecular weight excluding hydrogens is 526 g/mol. The minimum absolute atomic E-state index is 0.0658. The summed E-state index contributed by atoms with van der Waals surface area (Å²) in [5, 5.41) is -0.225. The van der Waals surface area contributed by atoms with Crippen LogP contribution in [0.3, 0.4) is 0 Å². The highest BCUT2D eigenvalue weighted by molar-refractivity contribution is 7.92. The number of nitrogens with zero attached hydrogens (tertiary/aromatic N) is 3. The molecule has 0 bridgehead atoms. The molecule has 2 heterocycles. The van der Waals surface area contributed by atoms with Crippen LogP contribution in [-0.4, -0.2) is 50.1 Å². The summed E-state index contributed by atoms with van der Waals surface area (Å²) < 4.78 is 51.2. The van der Waals surface area contributed by atoms with E-state index in [0.29, 0.717) is 17.1 Å². The number of benzene rings is 2. The van der Waals surface area contributed by atoms with Crippen molar-refractivity contribution in [3.8, 4) is 40.3 Å². The van der Waals surface area contributed by atoms with E-state index in [1.165, 1.54) is 26.5 Å². The van der Waals surface area contributed by atoms with Gasteiger partial charge in [-0.15, -0.1) is 0 Å². The summed E-state index contributed by atoms with van der Waals surface area (Å²) in [6, 6.07) is 16.3. The third-order valence-electron chi connectivity index (χ3n) is 5.17. The molecule has 2 aromatic heterocycles. The normalized spacial score (nSPS) is 10.9. The van der Waals surface area contributed by atoms with E-state index in [9.17, 15) is 13.2 Å². The Labute approximate surface area is 224 Å². The molecule has 0 saturated carbocycles. The third kappa shape index (κ3) is 6.51. The van der Waals surface area contributed by atoms with Crippen molar-refractivity contribution < 1.29 is 32.2 Å². The Balaban J connectivity index is 1.84. The lowest BCUT2D eigenvalue weighted by Gasteiger charge is -2.17. The van der Waals surface area contributed by atoms with Crippen LogP contribution in [0.5, 0.6) is 28.9 Å². The molecule has 0 unspecified atom stereocenters. The second kappa shape index (κ2) is 11.6. The first-order valence-corrected chi connectivity index (χ1v) is 12.9. The van der Waals surface area contributed by atoms with Crippen molar-refractivity contribution in [2.45, 2.75) is 11.9 Å². The molecule has 0 radical (unpaired) electrons. The Kier molecular flexibility index (Phi) is 8.10. The van der Waals surface area contributed by atoms with E-state index in [4.69, 9.17) is 24.7 Å². The van der Waals surface area contributed by atoms with Crippen LogP contribution >= 0.6 is 0 Å². The number of rotatable bonds is 11. The van der Waals surface area contributed by atoms with Crippen LogP contribution in [-0.2, 0) is 14.8 Å². The van der Waals surface area contributed by atoms with Crippen LogP contribution in [0.1, 0.15) is 5.56 Å². The van der Waals surface area contributed by atoms with E-state index in [1.807, 2.05) is 0 Å². The number of sulfonamides is 1. The number of aromatic nitrogens is 3. The quantitative estimate of drug-likeness (QED) is 0.282. The van der Waals surface area contributed by atoms with Crippen molar-refractivity contribution in [3.63, 3.8) is 0 Å². The molecule has 0 spiro atoms. The first-order chi connectivity index (χ1) is 18.7. The van der Waals surface area contributed by atoms with Gasteiger partial charge in [0.1, 0.15) is 5.75 Å². The summed E-state index contributed by atoms with van der Waals surface area (Å²) in [7, 11) is -1.38. The van der Waals surface area contributed by atoms with E-state index in [1.54, 1.807) is 61.5 Å². The molecule has 3 N–H and O–H groups in total. The average molecular weight is 552 g/mol. The molecule has 202 valence electrons. The zero-order valence-electron chi connectivity index (χ0n) is 21.2. The topological polar surface area (TPSA) is 165 Å². The van der Waals surface area contributed by atoms with E-state index < -0.39 is 15.9 Å². The fourth-order valence-corrected chi connectivity index (χ4v) is 4.28. The first-order valence-electron chi connectivity index (χ1n) is 11.4. The summed E-state index contributed by atoms with van der Waals surface area (Å²) in [5.74, 6) is 0.0347. The molecule has 0 atom stereocenters. The Morgan fingerprint density at radius 3 is 2.41 bits per heavy atom. The highest BCUT2D eigenvalue weighted by atomic mass is 32.2. The zero-order valence-corrected chi connectivity index (χ0v) is 22.1. The van der Waals surface area contributed by atoms with E-state index >= 15 is 0 Å². The number of para-hydroxylation sites is 2. The summed E-state index contributed by atoms with van der Waals surface area (Å²) in [6.45, 7) is 1.47. The number of methoxy groups -OCH3 is 2. The smallest absolute Gasteiger partial charge is 0.280 e. The van der Waals surface area contributed by atoms with Crippen LogP contribution in [0.15, 0.2) is 71.9 Å². The van der Waals surface area contributed by atoms with Crippen LogP contribution in [0.25, 0.3) is 11.4 Å². The number of pyridine rings is 1. The van der Waals surface area contributed by atoms with Gasteiger partial charge < -0.3 is 24.7 Å². The van der Waals surface area contributed by atoms with Gasteiger partial charge >= 0.3 is 0 Å². The average Bonchev–Trinajstić information content (AvgIpc) is 2.93. The maximum atomic E-state index is 13.3. The van der Waals surface area contributed by atoms with Crippen LogP contribution < -0.4 is 29.4 Å². The minimum atomic E-state index is -4.21. The lowest BCUT2D eigenvalue weighted by molar-refractivity contribution is -0.119. The standard InChI is InChI=1S/C26H25N5O7S/c1-16-11-12-22(28-14-16)39(33,34)31-25-23(38-20-10-5-4-9-19(20)35-2)26(36-3)30-24(29-25)17-7-6-8-18(13-17)37-15-21(27)32/h4-14H,15H2,1-3H3,(H2,27,32)(H,29,30,31). The molecule has 0 aliphatic heterocycles. The monoisotopic (exact) mass is 551 g/mol. The summed E-state index contributed by atoms with van der Waals surface area (Å²) in [5.41, 5.74) is 6.39.